The summed E-state index contributed by atoms with van der Waals surface area (Å²) in [4.78, 5) is 11.1. The lowest BCUT2D eigenvalue weighted by atomic mass is 10.3. The van der Waals surface area contributed by atoms with Gasteiger partial charge in [-0.15, -0.1) is 0 Å². The van der Waals surface area contributed by atoms with E-state index in [4.69, 9.17) is 15.2 Å². The fourth-order valence-electron chi connectivity index (χ4n) is 1.05. The van der Waals surface area contributed by atoms with E-state index in [1.54, 1.807) is 0 Å². The lowest BCUT2D eigenvalue weighted by Gasteiger charge is -2.06. The van der Waals surface area contributed by atoms with Crippen LogP contribution in [-0.2, 0) is 14.3 Å². The second-order valence-corrected chi connectivity index (χ2v) is 3.51. The van der Waals surface area contributed by atoms with Crippen LogP contribution in [0.3, 0.4) is 0 Å². The highest BCUT2D eigenvalue weighted by Gasteiger charge is 1.99. The van der Waals surface area contributed by atoms with Crippen molar-refractivity contribution >= 4 is 5.91 Å². The van der Waals surface area contributed by atoms with Crippen molar-refractivity contribution in [2.75, 3.05) is 39.5 Å². The number of nitrogens with two attached hydrogens (primary N) is 1. The number of unbranched alkanes of at least 4 members (excludes halogenated alkanes) is 1. The van der Waals surface area contributed by atoms with Crippen LogP contribution in [0.25, 0.3) is 0 Å². The van der Waals surface area contributed by atoms with Crippen molar-refractivity contribution in [1.29, 1.82) is 0 Å². The molecule has 0 aliphatic rings. The third-order valence-electron chi connectivity index (χ3n) is 1.93. The summed E-state index contributed by atoms with van der Waals surface area (Å²) in [5.41, 5.74) is 5.22. The molecule has 5 nitrogen and oxygen atoms in total. The van der Waals surface area contributed by atoms with Gasteiger partial charge in [0.15, 0.2) is 0 Å². The van der Waals surface area contributed by atoms with E-state index in [2.05, 4.69) is 12.2 Å². The standard InChI is InChI=1S/C11H24N2O3/c1-2-3-7-15-8-4-6-13-11(14)10-16-9-5-12/h2-10,12H2,1H3,(H,13,14). The minimum atomic E-state index is -0.0954. The highest BCUT2D eigenvalue weighted by Crippen LogP contribution is 1.89. The topological polar surface area (TPSA) is 73.6 Å². The Morgan fingerprint density at radius 2 is 1.94 bits per heavy atom. The average Bonchev–Trinajstić information content (AvgIpc) is 2.28. The number of hydrogen-bond acceptors (Lipinski definition) is 4. The molecule has 0 fully saturated rings. The molecule has 96 valence electrons. The molecule has 1 amide bonds. The first-order valence-electron chi connectivity index (χ1n) is 5.93. The van der Waals surface area contributed by atoms with Crippen LogP contribution in [0, 0.1) is 0 Å². The van der Waals surface area contributed by atoms with Crippen molar-refractivity contribution in [2.24, 2.45) is 5.73 Å². The number of carbonyl (C=O) groups is 1. The van der Waals surface area contributed by atoms with Crippen molar-refractivity contribution in [2.45, 2.75) is 26.2 Å². The molecular weight excluding hydrogens is 208 g/mol. The quantitative estimate of drug-likeness (QED) is 0.502. The Bertz CT molecular complexity index is 165. The Morgan fingerprint density at radius 3 is 2.62 bits per heavy atom. The van der Waals surface area contributed by atoms with Crippen LogP contribution in [0.15, 0.2) is 0 Å². The Morgan fingerprint density at radius 1 is 1.19 bits per heavy atom. The summed E-state index contributed by atoms with van der Waals surface area (Å²) in [6.45, 7) is 5.23. The molecule has 0 bridgehead atoms. The number of carbonyl (C=O) groups excluding carboxylic acids is 1. The van der Waals surface area contributed by atoms with Crippen molar-refractivity contribution in [3.05, 3.63) is 0 Å². The van der Waals surface area contributed by atoms with Gasteiger partial charge in [0.25, 0.3) is 0 Å². The lowest BCUT2D eigenvalue weighted by Crippen LogP contribution is -2.29. The van der Waals surface area contributed by atoms with Gasteiger partial charge in [0, 0.05) is 26.3 Å². The van der Waals surface area contributed by atoms with Crippen molar-refractivity contribution in [3.63, 3.8) is 0 Å². The van der Waals surface area contributed by atoms with Gasteiger partial charge in [-0.2, -0.15) is 0 Å². The SMILES string of the molecule is CCCCOCCCNC(=O)COCCN. The molecule has 5 heteroatoms. The van der Waals surface area contributed by atoms with E-state index < -0.39 is 0 Å². The van der Waals surface area contributed by atoms with E-state index in [-0.39, 0.29) is 12.5 Å². The maximum absolute atomic E-state index is 11.1. The van der Waals surface area contributed by atoms with Crippen LogP contribution in [-0.4, -0.2) is 45.4 Å². The summed E-state index contributed by atoms with van der Waals surface area (Å²) in [5, 5.41) is 2.75. The molecule has 0 saturated heterocycles. The lowest BCUT2D eigenvalue weighted by molar-refractivity contribution is -0.125. The summed E-state index contributed by atoms with van der Waals surface area (Å²) < 4.78 is 10.3. The predicted octanol–water partition coefficient (Wildman–Crippen LogP) is 0.285. The molecule has 0 saturated carbocycles. The van der Waals surface area contributed by atoms with Crippen LogP contribution in [0.1, 0.15) is 26.2 Å². The van der Waals surface area contributed by atoms with E-state index >= 15 is 0 Å². The van der Waals surface area contributed by atoms with E-state index in [9.17, 15) is 4.79 Å². The minimum absolute atomic E-state index is 0.0912. The molecule has 0 aromatic carbocycles. The molecule has 0 aromatic rings. The third kappa shape index (κ3) is 11.4. The van der Waals surface area contributed by atoms with Gasteiger partial charge in [-0.25, -0.2) is 0 Å². The number of nitrogens with one attached hydrogen (secondary N) is 1. The Hall–Kier alpha value is -0.650. The van der Waals surface area contributed by atoms with Gasteiger partial charge in [0.2, 0.25) is 5.91 Å². The minimum Gasteiger partial charge on any atom is -0.381 e. The van der Waals surface area contributed by atoms with Gasteiger partial charge in [-0.3, -0.25) is 4.79 Å². The van der Waals surface area contributed by atoms with Gasteiger partial charge in [-0.1, -0.05) is 13.3 Å². The average molecular weight is 232 g/mol. The highest BCUT2D eigenvalue weighted by atomic mass is 16.5. The zero-order valence-electron chi connectivity index (χ0n) is 10.2. The molecular formula is C11H24N2O3. The summed E-state index contributed by atoms with van der Waals surface area (Å²) in [6.07, 6.45) is 3.08. The zero-order chi connectivity index (χ0) is 12.1. The van der Waals surface area contributed by atoms with Crippen molar-refractivity contribution < 1.29 is 14.3 Å². The van der Waals surface area contributed by atoms with E-state index in [0.717, 1.165) is 25.9 Å². The van der Waals surface area contributed by atoms with E-state index in [1.165, 1.54) is 0 Å². The summed E-state index contributed by atoms with van der Waals surface area (Å²) in [6, 6.07) is 0. The number of ether oxygens (including phenoxy) is 2. The molecule has 0 aliphatic heterocycles. The number of amides is 1. The Labute approximate surface area is 97.7 Å². The molecule has 0 unspecified atom stereocenters. The Balaban J connectivity index is 3.09. The molecule has 0 spiro atoms. The van der Waals surface area contributed by atoms with Crippen LogP contribution >= 0.6 is 0 Å². The van der Waals surface area contributed by atoms with Crippen LogP contribution in [0.2, 0.25) is 0 Å². The zero-order valence-corrected chi connectivity index (χ0v) is 10.2. The van der Waals surface area contributed by atoms with Crippen LogP contribution in [0.4, 0.5) is 0 Å². The van der Waals surface area contributed by atoms with Gasteiger partial charge < -0.3 is 20.5 Å². The molecule has 0 aliphatic carbocycles. The number of rotatable bonds is 11. The summed E-state index contributed by atoms with van der Waals surface area (Å²) >= 11 is 0. The fourth-order valence-corrected chi connectivity index (χ4v) is 1.05. The molecule has 16 heavy (non-hydrogen) atoms. The smallest absolute Gasteiger partial charge is 0.245 e. The maximum Gasteiger partial charge on any atom is 0.245 e. The molecule has 0 rings (SSSR count). The van der Waals surface area contributed by atoms with Gasteiger partial charge in [0.1, 0.15) is 6.61 Å². The first-order chi connectivity index (χ1) is 7.81. The second kappa shape index (κ2) is 12.4. The largest absolute Gasteiger partial charge is 0.381 e. The van der Waals surface area contributed by atoms with E-state index in [0.29, 0.717) is 26.3 Å². The van der Waals surface area contributed by atoms with Crippen molar-refractivity contribution in [1.82, 2.24) is 5.32 Å². The fraction of sp³-hybridized carbons (Fsp3) is 0.909. The van der Waals surface area contributed by atoms with Gasteiger partial charge >= 0.3 is 0 Å². The Kier molecular flexibility index (Phi) is 11.9. The molecule has 0 radical (unpaired) electrons. The van der Waals surface area contributed by atoms with Gasteiger partial charge in [-0.05, 0) is 12.8 Å². The van der Waals surface area contributed by atoms with E-state index in [1.807, 2.05) is 0 Å². The maximum atomic E-state index is 11.1. The molecule has 0 heterocycles. The molecule has 0 aromatic heterocycles. The normalized spacial score (nSPS) is 10.4. The van der Waals surface area contributed by atoms with Crippen LogP contribution in [0.5, 0.6) is 0 Å². The predicted molar refractivity (Wildman–Crippen MR) is 63.2 cm³/mol. The van der Waals surface area contributed by atoms with Gasteiger partial charge in [0.05, 0.1) is 6.61 Å². The third-order valence-corrected chi connectivity index (χ3v) is 1.93. The molecule has 3 N–H and O–H groups in total. The van der Waals surface area contributed by atoms with Crippen LogP contribution < -0.4 is 11.1 Å². The second-order valence-electron chi connectivity index (χ2n) is 3.51. The number of hydrogen-bond donors (Lipinski definition) is 2. The first kappa shape index (κ1) is 15.3. The first-order valence-corrected chi connectivity index (χ1v) is 5.93. The monoisotopic (exact) mass is 232 g/mol. The molecule has 0 atom stereocenters. The van der Waals surface area contributed by atoms with Crippen molar-refractivity contribution in [3.8, 4) is 0 Å². The highest BCUT2D eigenvalue weighted by molar-refractivity contribution is 5.77. The summed E-state index contributed by atoms with van der Waals surface area (Å²) in [7, 11) is 0. The summed E-state index contributed by atoms with van der Waals surface area (Å²) in [5.74, 6) is -0.0954.